The van der Waals surface area contributed by atoms with E-state index in [4.69, 9.17) is 0 Å². The molecule has 92 valence electrons. The summed E-state index contributed by atoms with van der Waals surface area (Å²) in [5, 5.41) is 0. The molecule has 0 saturated heterocycles. The molecule has 0 aliphatic carbocycles. The van der Waals surface area contributed by atoms with E-state index >= 15 is 0 Å². The molecule has 0 aliphatic rings. The van der Waals surface area contributed by atoms with Crippen molar-refractivity contribution < 1.29 is 4.79 Å². The predicted molar refractivity (Wildman–Crippen MR) is 84.3 cm³/mol. The number of carbonyl (C=O) groups excluding carboxylic acids is 1. The van der Waals surface area contributed by atoms with Crippen molar-refractivity contribution in [2.24, 2.45) is 0 Å². The van der Waals surface area contributed by atoms with Crippen molar-refractivity contribution in [3.8, 4) is 0 Å². The van der Waals surface area contributed by atoms with Crippen LogP contribution in [0.5, 0.6) is 0 Å². The van der Waals surface area contributed by atoms with Crippen LogP contribution in [0, 0.1) is 6.92 Å². The topological polar surface area (TPSA) is 17.1 Å². The van der Waals surface area contributed by atoms with Crippen LogP contribution in [0.3, 0.4) is 0 Å². The number of hydrogen-bond acceptors (Lipinski definition) is 2. The smallest absolute Gasteiger partial charge is 0.185 e. The lowest BCUT2D eigenvalue weighted by Crippen LogP contribution is -1.93. The summed E-state index contributed by atoms with van der Waals surface area (Å²) >= 11 is 8.44. The molecule has 2 aromatic rings. The number of ketones is 1. The molecule has 4 heteroatoms. The summed E-state index contributed by atoms with van der Waals surface area (Å²) in [6.07, 6.45) is 3.45. The maximum Gasteiger partial charge on any atom is 0.185 e. The lowest BCUT2D eigenvalue weighted by Gasteiger charge is -1.96. The minimum absolute atomic E-state index is 0.0272. The second-order valence-electron chi connectivity index (χ2n) is 3.84. The SMILES string of the molecule is Cc1cccc(C(=O)/C=C/c2cc(Br)c(Br)s2)c1. The van der Waals surface area contributed by atoms with E-state index in [1.807, 2.05) is 43.3 Å². The van der Waals surface area contributed by atoms with Crippen molar-refractivity contribution in [2.75, 3.05) is 0 Å². The summed E-state index contributed by atoms with van der Waals surface area (Å²) < 4.78 is 2.04. The molecule has 0 spiro atoms. The van der Waals surface area contributed by atoms with E-state index in [1.54, 1.807) is 17.4 Å². The van der Waals surface area contributed by atoms with Crippen LogP contribution in [0.1, 0.15) is 20.8 Å². The molecular weight excluding hydrogens is 376 g/mol. The van der Waals surface area contributed by atoms with Crippen LogP contribution in [0.4, 0.5) is 0 Å². The molecule has 0 saturated carbocycles. The van der Waals surface area contributed by atoms with Gasteiger partial charge in [-0.05, 0) is 63.1 Å². The molecule has 1 aromatic heterocycles. The zero-order valence-electron chi connectivity index (χ0n) is 9.61. The Hall–Kier alpha value is -0.710. The number of rotatable bonds is 3. The molecule has 0 radical (unpaired) electrons. The Kier molecular flexibility index (Phi) is 4.54. The van der Waals surface area contributed by atoms with Gasteiger partial charge in [-0.3, -0.25) is 4.79 Å². The second-order valence-corrected chi connectivity index (χ2v) is 7.09. The first-order valence-electron chi connectivity index (χ1n) is 5.30. The fourth-order valence-corrected chi connectivity index (χ4v) is 3.49. The van der Waals surface area contributed by atoms with Crippen molar-refractivity contribution in [2.45, 2.75) is 6.92 Å². The van der Waals surface area contributed by atoms with Crippen LogP contribution < -0.4 is 0 Å². The van der Waals surface area contributed by atoms with Crippen LogP contribution in [0.25, 0.3) is 6.08 Å². The van der Waals surface area contributed by atoms with Crippen molar-refractivity contribution in [1.82, 2.24) is 0 Å². The number of allylic oxidation sites excluding steroid dienone is 1. The Bertz CT molecular complexity index is 595. The number of hydrogen-bond donors (Lipinski definition) is 0. The van der Waals surface area contributed by atoms with Gasteiger partial charge in [0.05, 0.1) is 3.79 Å². The maximum atomic E-state index is 12.0. The van der Waals surface area contributed by atoms with Gasteiger partial charge < -0.3 is 0 Å². The highest BCUT2D eigenvalue weighted by Crippen LogP contribution is 2.33. The minimum Gasteiger partial charge on any atom is -0.289 e. The summed E-state index contributed by atoms with van der Waals surface area (Å²) in [5.41, 5.74) is 1.82. The monoisotopic (exact) mass is 384 g/mol. The largest absolute Gasteiger partial charge is 0.289 e. The maximum absolute atomic E-state index is 12.0. The Labute approximate surface area is 127 Å². The Morgan fingerprint density at radius 1 is 1.28 bits per heavy atom. The highest BCUT2D eigenvalue weighted by Gasteiger charge is 2.04. The molecule has 2 rings (SSSR count). The highest BCUT2D eigenvalue weighted by atomic mass is 79.9. The fourth-order valence-electron chi connectivity index (χ4n) is 1.50. The average Bonchev–Trinajstić information content (AvgIpc) is 2.66. The third kappa shape index (κ3) is 3.40. The van der Waals surface area contributed by atoms with Crippen molar-refractivity contribution in [1.29, 1.82) is 0 Å². The molecule has 0 bridgehead atoms. The Morgan fingerprint density at radius 3 is 2.67 bits per heavy atom. The first-order valence-corrected chi connectivity index (χ1v) is 7.70. The number of carbonyl (C=O) groups is 1. The van der Waals surface area contributed by atoms with Crippen molar-refractivity contribution >= 4 is 55.1 Å². The Morgan fingerprint density at radius 2 is 2.06 bits per heavy atom. The first kappa shape index (κ1) is 13.7. The minimum atomic E-state index is 0.0272. The highest BCUT2D eigenvalue weighted by molar-refractivity contribution is 9.13. The molecule has 1 heterocycles. The van der Waals surface area contributed by atoms with E-state index in [2.05, 4.69) is 31.9 Å². The van der Waals surface area contributed by atoms with Crippen LogP contribution in [0.2, 0.25) is 0 Å². The Balaban J connectivity index is 2.16. The van der Waals surface area contributed by atoms with E-state index in [-0.39, 0.29) is 5.78 Å². The van der Waals surface area contributed by atoms with Gasteiger partial charge in [0.2, 0.25) is 0 Å². The van der Waals surface area contributed by atoms with Crippen LogP contribution in [-0.4, -0.2) is 5.78 Å². The molecule has 0 atom stereocenters. The first-order chi connectivity index (χ1) is 8.56. The third-order valence-electron chi connectivity index (χ3n) is 2.37. The van der Waals surface area contributed by atoms with Gasteiger partial charge in [-0.1, -0.05) is 23.8 Å². The molecule has 0 N–H and O–H groups in total. The van der Waals surface area contributed by atoms with Gasteiger partial charge in [0.1, 0.15) is 0 Å². The average molecular weight is 386 g/mol. The second kappa shape index (κ2) is 5.95. The number of benzene rings is 1. The molecule has 0 fully saturated rings. The lowest BCUT2D eigenvalue weighted by molar-refractivity contribution is 0.104. The van der Waals surface area contributed by atoms with E-state index < -0.39 is 0 Å². The molecule has 18 heavy (non-hydrogen) atoms. The van der Waals surface area contributed by atoms with E-state index in [0.29, 0.717) is 0 Å². The van der Waals surface area contributed by atoms with Gasteiger partial charge >= 0.3 is 0 Å². The molecule has 1 aromatic carbocycles. The predicted octanol–water partition coefficient (Wildman–Crippen LogP) is 5.48. The molecule has 0 amide bonds. The van der Waals surface area contributed by atoms with Gasteiger partial charge in [0.25, 0.3) is 0 Å². The lowest BCUT2D eigenvalue weighted by atomic mass is 10.1. The van der Waals surface area contributed by atoms with Crippen molar-refractivity contribution in [3.05, 3.63) is 60.7 Å². The van der Waals surface area contributed by atoms with E-state index in [0.717, 1.165) is 24.3 Å². The van der Waals surface area contributed by atoms with Gasteiger partial charge in [-0.25, -0.2) is 0 Å². The fraction of sp³-hybridized carbons (Fsp3) is 0.0714. The van der Waals surface area contributed by atoms with Gasteiger partial charge in [0.15, 0.2) is 5.78 Å². The summed E-state index contributed by atoms with van der Waals surface area (Å²) in [6.45, 7) is 1.98. The summed E-state index contributed by atoms with van der Waals surface area (Å²) in [5.74, 6) is 0.0272. The standard InChI is InChI=1S/C14H10Br2OS/c1-9-3-2-4-10(7-9)13(17)6-5-11-8-12(15)14(16)18-11/h2-8H,1H3/b6-5+. The summed E-state index contributed by atoms with van der Waals surface area (Å²) in [6, 6.07) is 9.59. The number of halogens is 2. The summed E-state index contributed by atoms with van der Waals surface area (Å²) in [4.78, 5) is 13.0. The van der Waals surface area contributed by atoms with Gasteiger partial charge in [-0.15, -0.1) is 11.3 Å². The molecule has 0 aliphatic heterocycles. The van der Waals surface area contributed by atoms with Crippen molar-refractivity contribution in [3.63, 3.8) is 0 Å². The number of thiophene rings is 1. The van der Waals surface area contributed by atoms with Crippen LogP contribution in [0.15, 0.2) is 44.7 Å². The van der Waals surface area contributed by atoms with Crippen LogP contribution in [-0.2, 0) is 0 Å². The molecule has 0 unspecified atom stereocenters. The number of aryl methyl sites for hydroxylation is 1. The van der Waals surface area contributed by atoms with Gasteiger partial charge in [-0.2, -0.15) is 0 Å². The van der Waals surface area contributed by atoms with E-state index in [9.17, 15) is 4.79 Å². The van der Waals surface area contributed by atoms with E-state index in [1.165, 1.54) is 0 Å². The molecule has 1 nitrogen and oxygen atoms in total. The molecular formula is C14H10Br2OS. The summed E-state index contributed by atoms with van der Waals surface area (Å²) in [7, 11) is 0. The quantitative estimate of drug-likeness (QED) is 0.505. The third-order valence-corrected chi connectivity index (χ3v) is 5.59. The normalized spacial score (nSPS) is 11.1. The zero-order valence-corrected chi connectivity index (χ0v) is 13.6. The zero-order chi connectivity index (χ0) is 13.1. The van der Waals surface area contributed by atoms with Crippen LogP contribution >= 0.6 is 43.2 Å². The van der Waals surface area contributed by atoms with Gasteiger partial charge in [0, 0.05) is 14.9 Å².